The lowest BCUT2D eigenvalue weighted by molar-refractivity contribution is 0.473. The van der Waals surface area contributed by atoms with Gasteiger partial charge in [0.2, 0.25) is 0 Å². The quantitative estimate of drug-likeness (QED) is 0.652. The van der Waals surface area contributed by atoms with Gasteiger partial charge in [0.15, 0.2) is 0 Å². The number of hydrazine groups is 1. The fourth-order valence-corrected chi connectivity index (χ4v) is 1.21. The van der Waals surface area contributed by atoms with Crippen molar-refractivity contribution in [1.29, 1.82) is 0 Å². The van der Waals surface area contributed by atoms with E-state index in [0.717, 1.165) is 12.2 Å². The lowest BCUT2D eigenvalue weighted by Crippen LogP contribution is -2.29. The van der Waals surface area contributed by atoms with E-state index in [1.807, 2.05) is 35.5 Å². The van der Waals surface area contributed by atoms with Crippen molar-refractivity contribution in [2.24, 2.45) is 0 Å². The SMILES string of the molecule is Oc1ccccc1N1CC=CN1. The average molecular weight is 162 g/mol. The molecule has 2 N–H and O–H groups in total. The standard InChI is InChI=1S/C9H10N2O/c12-9-5-2-1-4-8(9)11-7-3-6-10-11/h1-6,10,12H,7H2. The zero-order chi connectivity index (χ0) is 8.39. The van der Waals surface area contributed by atoms with Gasteiger partial charge < -0.3 is 10.5 Å². The molecule has 0 saturated carbocycles. The minimum Gasteiger partial charge on any atom is -0.506 e. The fraction of sp³-hybridized carbons (Fsp3) is 0.111. The number of phenolic OH excluding ortho intramolecular Hbond substituents is 1. The summed E-state index contributed by atoms with van der Waals surface area (Å²) in [6.45, 7) is 0.789. The molecular formula is C9H10N2O. The molecule has 1 aromatic carbocycles. The molecule has 3 heteroatoms. The van der Waals surface area contributed by atoms with Crippen LogP contribution in [0, 0.1) is 0 Å². The van der Waals surface area contributed by atoms with E-state index in [0.29, 0.717) is 5.75 Å². The third-order valence-electron chi connectivity index (χ3n) is 1.81. The Morgan fingerprint density at radius 3 is 2.83 bits per heavy atom. The molecular weight excluding hydrogens is 152 g/mol. The molecule has 1 aromatic rings. The Morgan fingerprint density at radius 1 is 1.33 bits per heavy atom. The number of para-hydroxylation sites is 2. The summed E-state index contributed by atoms with van der Waals surface area (Å²) in [5, 5.41) is 11.3. The summed E-state index contributed by atoms with van der Waals surface area (Å²) in [7, 11) is 0. The zero-order valence-corrected chi connectivity index (χ0v) is 6.57. The molecule has 2 rings (SSSR count). The maximum absolute atomic E-state index is 9.46. The van der Waals surface area contributed by atoms with Gasteiger partial charge in [0.1, 0.15) is 5.75 Å². The van der Waals surface area contributed by atoms with Crippen LogP contribution in [0.3, 0.4) is 0 Å². The Morgan fingerprint density at radius 2 is 2.17 bits per heavy atom. The van der Waals surface area contributed by atoms with Crippen LogP contribution in [0.2, 0.25) is 0 Å². The first kappa shape index (κ1) is 7.03. The summed E-state index contributed by atoms with van der Waals surface area (Å²) in [4.78, 5) is 0. The molecule has 0 radical (unpaired) electrons. The largest absolute Gasteiger partial charge is 0.506 e. The Labute approximate surface area is 70.9 Å². The molecule has 0 bridgehead atoms. The number of hydrogen-bond donors (Lipinski definition) is 2. The zero-order valence-electron chi connectivity index (χ0n) is 6.57. The maximum atomic E-state index is 9.46. The number of benzene rings is 1. The maximum Gasteiger partial charge on any atom is 0.140 e. The van der Waals surface area contributed by atoms with Crippen molar-refractivity contribution < 1.29 is 5.11 Å². The van der Waals surface area contributed by atoms with E-state index in [4.69, 9.17) is 0 Å². The van der Waals surface area contributed by atoms with Crippen molar-refractivity contribution in [3.8, 4) is 5.75 Å². The van der Waals surface area contributed by atoms with Gasteiger partial charge in [0.05, 0.1) is 12.2 Å². The van der Waals surface area contributed by atoms with E-state index in [2.05, 4.69) is 5.43 Å². The first-order valence-corrected chi connectivity index (χ1v) is 3.84. The Hall–Kier alpha value is -1.64. The molecule has 0 atom stereocenters. The third kappa shape index (κ3) is 1.09. The molecule has 62 valence electrons. The van der Waals surface area contributed by atoms with E-state index < -0.39 is 0 Å². The second-order valence-corrected chi connectivity index (χ2v) is 2.63. The predicted molar refractivity (Wildman–Crippen MR) is 47.7 cm³/mol. The molecule has 1 aliphatic heterocycles. The van der Waals surface area contributed by atoms with Gasteiger partial charge in [-0.25, -0.2) is 0 Å². The van der Waals surface area contributed by atoms with Crippen LogP contribution in [0.5, 0.6) is 5.75 Å². The highest BCUT2D eigenvalue weighted by Crippen LogP contribution is 2.25. The topological polar surface area (TPSA) is 35.5 Å². The number of rotatable bonds is 1. The van der Waals surface area contributed by atoms with Gasteiger partial charge in [-0.1, -0.05) is 12.1 Å². The van der Waals surface area contributed by atoms with Crippen molar-refractivity contribution in [1.82, 2.24) is 5.43 Å². The normalized spacial score (nSPS) is 14.8. The molecule has 0 amide bonds. The van der Waals surface area contributed by atoms with Crippen LogP contribution in [-0.2, 0) is 0 Å². The summed E-state index contributed by atoms with van der Waals surface area (Å²) < 4.78 is 0. The number of hydrogen-bond acceptors (Lipinski definition) is 3. The summed E-state index contributed by atoms with van der Waals surface area (Å²) in [5.41, 5.74) is 3.81. The highest BCUT2D eigenvalue weighted by Gasteiger charge is 2.09. The first-order chi connectivity index (χ1) is 5.88. The fourth-order valence-electron chi connectivity index (χ4n) is 1.21. The van der Waals surface area contributed by atoms with Crippen LogP contribution in [-0.4, -0.2) is 11.7 Å². The van der Waals surface area contributed by atoms with Crippen molar-refractivity contribution >= 4 is 5.69 Å². The van der Waals surface area contributed by atoms with E-state index >= 15 is 0 Å². The smallest absolute Gasteiger partial charge is 0.140 e. The first-order valence-electron chi connectivity index (χ1n) is 3.84. The molecule has 3 nitrogen and oxygen atoms in total. The van der Waals surface area contributed by atoms with Gasteiger partial charge >= 0.3 is 0 Å². The van der Waals surface area contributed by atoms with Crippen molar-refractivity contribution in [2.45, 2.75) is 0 Å². The monoisotopic (exact) mass is 162 g/mol. The van der Waals surface area contributed by atoms with Gasteiger partial charge in [-0.3, -0.25) is 5.01 Å². The minimum atomic E-state index is 0.300. The van der Waals surface area contributed by atoms with Crippen LogP contribution < -0.4 is 10.4 Å². The van der Waals surface area contributed by atoms with Crippen LogP contribution in [0.25, 0.3) is 0 Å². The van der Waals surface area contributed by atoms with Crippen LogP contribution in [0.4, 0.5) is 5.69 Å². The molecule has 0 unspecified atom stereocenters. The van der Waals surface area contributed by atoms with Crippen molar-refractivity contribution in [3.63, 3.8) is 0 Å². The Kier molecular flexibility index (Phi) is 1.63. The summed E-state index contributed by atoms with van der Waals surface area (Å²) in [5.74, 6) is 0.300. The molecule has 0 aliphatic carbocycles. The minimum absolute atomic E-state index is 0.300. The number of phenols is 1. The number of nitrogens with one attached hydrogen (secondary N) is 1. The van der Waals surface area contributed by atoms with Crippen molar-refractivity contribution in [3.05, 3.63) is 36.5 Å². The summed E-state index contributed by atoms with van der Waals surface area (Å²) in [6, 6.07) is 7.25. The molecule has 1 heterocycles. The number of nitrogens with zero attached hydrogens (tertiary/aromatic N) is 1. The second-order valence-electron chi connectivity index (χ2n) is 2.63. The molecule has 1 aliphatic rings. The van der Waals surface area contributed by atoms with Crippen molar-refractivity contribution in [2.75, 3.05) is 11.6 Å². The molecule has 0 spiro atoms. The number of aromatic hydroxyl groups is 1. The van der Waals surface area contributed by atoms with Crippen LogP contribution in [0.15, 0.2) is 36.5 Å². The number of anilines is 1. The third-order valence-corrected chi connectivity index (χ3v) is 1.81. The summed E-state index contributed by atoms with van der Waals surface area (Å²) >= 11 is 0. The van der Waals surface area contributed by atoms with Gasteiger partial charge in [-0.05, 0) is 18.2 Å². The lowest BCUT2D eigenvalue weighted by atomic mass is 10.3. The molecule has 0 saturated heterocycles. The summed E-state index contributed by atoms with van der Waals surface area (Å²) in [6.07, 6.45) is 3.85. The predicted octanol–water partition coefficient (Wildman–Crippen LogP) is 1.23. The van der Waals surface area contributed by atoms with Gasteiger partial charge in [0.25, 0.3) is 0 Å². The average Bonchev–Trinajstić information content (AvgIpc) is 2.57. The molecule has 0 fully saturated rings. The van der Waals surface area contributed by atoms with Crippen LogP contribution in [0.1, 0.15) is 0 Å². The van der Waals surface area contributed by atoms with Gasteiger partial charge in [-0.2, -0.15) is 0 Å². The second kappa shape index (κ2) is 2.77. The molecule has 12 heavy (non-hydrogen) atoms. The Bertz CT molecular complexity index is 301. The lowest BCUT2D eigenvalue weighted by Gasteiger charge is -2.18. The highest BCUT2D eigenvalue weighted by atomic mass is 16.3. The van der Waals surface area contributed by atoms with E-state index in [-0.39, 0.29) is 0 Å². The van der Waals surface area contributed by atoms with Gasteiger partial charge in [-0.15, -0.1) is 0 Å². The van der Waals surface area contributed by atoms with Crippen LogP contribution >= 0.6 is 0 Å². The van der Waals surface area contributed by atoms with E-state index in [9.17, 15) is 5.11 Å². The highest BCUT2D eigenvalue weighted by molar-refractivity contribution is 5.57. The van der Waals surface area contributed by atoms with E-state index in [1.165, 1.54) is 0 Å². The van der Waals surface area contributed by atoms with E-state index in [1.54, 1.807) is 6.07 Å². The Balaban J connectivity index is 2.27. The molecule has 0 aromatic heterocycles. The van der Waals surface area contributed by atoms with Gasteiger partial charge in [0, 0.05) is 6.20 Å².